The SMILES string of the molecule is CCn1ccnc(Oc2cc(OC)ccc2N)c1=O. The second-order valence-electron chi connectivity index (χ2n) is 3.83. The van der Waals surface area contributed by atoms with E-state index >= 15 is 0 Å². The van der Waals surface area contributed by atoms with Crippen molar-refractivity contribution >= 4 is 5.69 Å². The van der Waals surface area contributed by atoms with Crippen LogP contribution in [-0.4, -0.2) is 16.7 Å². The molecule has 1 heterocycles. The molecule has 19 heavy (non-hydrogen) atoms. The molecule has 100 valence electrons. The Kier molecular flexibility index (Phi) is 3.70. The number of rotatable bonds is 4. The third-order valence-electron chi connectivity index (χ3n) is 2.65. The van der Waals surface area contributed by atoms with Gasteiger partial charge in [0.15, 0.2) is 5.75 Å². The van der Waals surface area contributed by atoms with E-state index < -0.39 is 0 Å². The molecule has 0 amide bonds. The van der Waals surface area contributed by atoms with Crippen LogP contribution < -0.4 is 20.8 Å². The van der Waals surface area contributed by atoms with E-state index in [1.54, 1.807) is 31.5 Å². The van der Waals surface area contributed by atoms with E-state index in [2.05, 4.69) is 4.98 Å². The van der Waals surface area contributed by atoms with Gasteiger partial charge in [-0.2, -0.15) is 0 Å². The molecule has 1 aromatic carbocycles. The van der Waals surface area contributed by atoms with E-state index in [4.69, 9.17) is 15.2 Å². The molecule has 0 atom stereocenters. The number of aromatic nitrogens is 2. The van der Waals surface area contributed by atoms with E-state index in [1.165, 1.54) is 10.8 Å². The summed E-state index contributed by atoms with van der Waals surface area (Å²) in [6.45, 7) is 2.41. The van der Waals surface area contributed by atoms with Crippen molar-refractivity contribution in [2.75, 3.05) is 12.8 Å². The minimum absolute atomic E-state index is 0.00990. The zero-order valence-electron chi connectivity index (χ0n) is 10.8. The van der Waals surface area contributed by atoms with Crippen LogP contribution in [0.4, 0.5) is 5.69 Å². The molecule has 0 unspecified atom stereocenters. The van der Waals surface area contributed by atoms with Gasteiger partial charge in [0, 0.05) is 25.0 Å². The van der Waals surface area contributed by atoms with Gasteiger partial charge >= 0.3 is 5.56 Å². The monoisotopic (exact) mass is 261 g/mol. The van der Waals surface area contributed by atoms with Crippen LogP contribution in [0.15, 0.2) is 35.4 Å². The Labute approximate surface area is 110 Å². The molecule has 6 heteroatoms. The summed E-state index contributed by atoms with van der Waals surface area (Å²) in [5.41, 5.74) is 5.91. The first-order valence-electron chi connectivity index (χ1n) is 5.82. The lowest BCUT2D eigenvalue weighted by Crippen LogP contribution is -2.20. The molecule has 2 rings (SSSR count). The first-order chi connectivity index (χ1) is 9.15. The molecule has 0 saturated heterocycles. The Morgan fingerprint density at radius 3 is 2.89 bits per heavy atom. The molecule has 2 aromatic rings. The number of nitrogen functional groups attached to an aromatic ring is 1. The molecule has 0 bridgehead atoms. The number of hydrogen-bond donors (Lipinski definition) is 1. The van der Waals surface area contributed by atoms with E-state index in [1.807, 2.05) is 6.92 Å². The maximum Gasteiger partial charge on any atom is 0.313 e. The highest BCUT2D eigenvalue weighted by Gasteiger charge is 2.09. The number of nitrogens with two attached hydrogens (primary N) is 1. The molecule has 0 spiro atoms. The molecular weight excluding hydrogens is 246 g/mol. The number of anilines is 1. The molecular formula is C13H15N3O3. The van der Waals surface area contributed by atoms with Gasteiger partial charge in [-0.25, -0.2) is 4.98 Å². The van der Waals surface area contributed by atoms with Gasteiger partial charge in [-0.3, -0.25) is 4.79 Å². The quantitative estimate of drug-likeness (QED) is 0.846. The van der Waals surface area contributed by atoms with Gasteiger partial charge in [0.25, 0.3) is 5.88 Å². The predicted molar refractivity (Wildman–Crippen MR) is 71.7 cm³/mol. The zero-order chi connectivity index (χ0) is 13.8. The highest BCUT2D eigenvalue weighted by molar-refractivity contribution is 5.56. The fraction of sp³-hybridized carbons (Fsp3) is 0.231. The number of methoxy groups -OCH3 is 1. The summed E-state index contributed by atoms with van der Waals surface area (Å²) in [7, 11) is 1.54. The van der Waals surface area contributed by atoms with Gasteiger partial charge in [-0.15, -0.1) is 0 Å². The Bertz CT molecular complexity index is 637. The Morgan fingerprint density at radius 2 is 2.21 bits per heavy atom. The van der Waals surface area contributed by atoms with Crippen molar-refractivity contribution in [3.8, 4) is 17.4 Å². The van der Waals surface area contributed by atoms with Crippen molar-refractivity contribution in [3.05, 3.63) is 40.9 Å². The molecule has 0 aliphatic carbocycles. The first kappa shape index (κ1) is 12.9. The lowest BCUT2D eigenvalue weighted by atomic mass is 10.3. The van der Waals surface area contributed by atoms with Gasteiger partial charge in [-0.05, 0) is 19.1 Å². The Hall–Kier alpha value is -2.50. The summed E-state index contributed by atoms with van der Waals surface area (Å²) >= 11 is 0. The predicted octanol–water partition coefficient (Wildman–Crippen LogP) is 1.65. The Balaban J connectivity index is 2.39. The average Bonchev–Trinajstić information content (AvgIpc) is 2.43. The van der Waals surface area contributed by atoms with E-state index in [0.29, 0.717) is 23.7 Å². The van der Waals surface area contributed by atoms with Crippen LogP contribution in [0, 0.1) is 0 Å². The van der Waals surface area contributed by atoms with Crippen molar-refractivity contribution in [2.24, 2.45) is 0 Å². The number of ether oxygens (including phenoxy) is 2. The third-order valence-corrected chi connectivity index (χ3v) is 2.65. The summed E-state index contributed by atoms with van der Waals surface area (Å²) in [6, 6.07) is 4.97. The Morgan fingerprint density at radius 1 is 1.42 bits per heavy atom. The second-order valence-corrected chi connectivity index (χ2v) is 3.83. The van der Waals surface area contributed by atoms with Crippen molar-refractivity contribution in [1.29, 1.82) is 0 Å². The first-order valence-corrected chi connectivity index (χ1v) is 5.82. The zero-order valence-corrected chi connectivity index (χ0v) is 10.8. The topological polar surface area (TPSA) is 79.4 Å². The molecule has 0 radical (unpaired) electrons. The smallest absolute Gasteiger partial charge is 0.313 e. The molecule has 0 saturated carbocycles. The lowest BCUT2D eigenvalue weighted by molar-refractivity contribution is 0.406. The molecule has 1 aromatic heterocycles. The van der Waals surface area contributed by atoms with Gasteiger partial charge in [0.05, 0.1) is 12.8 Å². The molecule has 0 fully saturated rings. The summed E-state index contributed by atoms with van der Waals surface area (Å²) in [4.78, 5) is 15.9. The molecule has 0 aliphatic rings. The number of benzene rings is 1. The molecule has 2 N–H and O–H groups in total. The summed E-state index contributed by atoms with van der Waals surface area (Å²) in [5.74, 6) is 0.929. The number of nitrogens with zero attached hydrogens (tertiary/aromatic N) is 2. The standard InChI is InChI=1S/C13H15N3O3/c1-3-16-7-6-15-12(13(16)17)19-11-8-9(18-2)4-5-10(11)14/h4-8H,3,14H2,1-2H3. The highest BCUT2D eigenvalue weighted by Crippen LogP contribution is 2.29. The van der Waals surface area contributed by atoms with Crippen LogP contribution >= 0.6 is 0 Å². The average molecular weight is 261 g/mol. The summed E-state index contributed by atoms with van der Waals surface area (Å²) in [6.07, 6.45) is 3.11. The van der Waals surface area contributed by atoms with Crippen LogP contribution in [0.2, 0.25) is 0 Å². The highest BCUT2D eigenvalue weighted by atomic mass is 16.5. The van der Waals surface area contributed by atoms with Crippen molar-refractivity contribution < 1.29 is 9.47 Å². The minimum atomic E-state index is -0.299. The maximum atomic E-state index is 12.0. The van der Waals surface area contributed by atoms with Gasteiger partial charge in [0.1, 0.15) is 5.75 Å². The minimum Gasteiger partial charge on any atom is -0.497 e. The van der Waals surface area contributed by atoms with Gasteiger partial charge < -0.3 is 19.8 Å². The van der Waals surface area contributed by atoms with Gasteiger partial charge in [-0.1, -0.05) is 0 Å². The molecule has 6 nitrogen and oxygen atoms in total. The van der Waals surface area contributed by atoms with Crippen molar-refractivity contribution in [1.82, 2.24) is 9.55 Å². The number of hydrogen-bond acceptors (Lipinski definition) is 5. The van der Waals surface area contributed by atoms with Crippen LogP contribution in [0.25, 0.3) is 0 Å². The normalized spacial score (nSPS) is 10.2. The van der Waals surface area contributed by atoms with E-state index in [0.717, 1.165) is 0 Å². The van der Waals surface area contributed by atoms with Crippen LogP contribution in [0.5, 0.6) is 17.4 Å². The lowest BCUT2D eigenvalue weighted by Gasteiger charge is -2.09. The van der Waals surface area contributed by atoms with Gasteiger partial charge in [0.2, 0.25) is 0 Å². The second kappa shape index (κ2) is 5.43. The van der Waals surface area contributed by atoms with E-state index in [-0.39, 0.29) is 11.4 Å². The van der Waals surface area contributed by atoms with Crippen molar-refractivity contribution in [3.63, 3.8) is 0 Å². The van der Waals surface area contributed by atoms with E-state index in [9.17, 15) is 4.79 Å². The van der Waals surface area contributed by atoms with Crippen LogP contribution in [-0.2, 0) is 6.54 Å². The number of aryl methyl sites for hydroxylation is 1. The fourth-order valence-corrected chi connectivity index (χ4v) is 1.58. The summed E-state index contributed by atoms with van der Waals surface area (Å²) < 4.78 is 12.1. The largest absolute Gasteiger partial charge is 0.497 e. The fourth-order valence-electron chi connectivity index (χ4n) is 1.58. The summed E-state index contributed by atoms with van der Waals surface area (Å²) in [5, 5.41) is 0. The molecule has 0 aliphatic heterocycles. The van der Waals surface area contributed by atoms with Crippen LogP contribution in [0.3, 0.4) is 0 Å². The van der Waals surface area contributed by atoms with Crippen LogP contribution in [0.1, 0.15) is 6.92 Å². The van der Waals surface area contributed by atoms with Crippen molar-refractivity contribution in [2.45, 2.75) is 13.5 Å². The third kappa shape index (κ3) is 2.67. The maximum absolute atomic E-state index is 12.0.